The highest BCUT2D eigenvalue weighted by molar-refractivity contribution is 9.10. The van der Waals surface area contributed by atoms with E-state index in [0.717, 1.165) is 22.9 Å². The average Bonchev–Trinajstić information content (AvgIpc) is 3.33. The molecule has 0 radical (unpaired) electrons. The van der Waals surface area contributed by atoms with Gasteiger partial charge in [0.1, 0.15) is 0 Å². The Bertz CT molecular complexity index is 767. The molecular formula is C20H19BrF3N. The summed E-state index contributed by atoms with van der Waals surface area (Å²) in [6, 6.07) is 14.3. The lowest BCUT2D eigenvalue weighted by molar-refractivity contribution is -0.187. The van der Waals surface area contributed by atoms with Crippen molar-refractivity contribution in [3.63, 3.8) is 0 Å². The zero-order chi connectivity index (χ0) is 17.7. The van der Waals surface area contributed by atoms with E-state index in [4.69, 9.17) is 0 Å². The van der Waals surface area contributed by atoms with Gasteiger partial charge in [-0.2, -0.15) is 13.2 Å². The van der Waals surface area contributed by atoms with Crippen LogP contribution in [0.5, 0.6) is 0 Å². The fourth-order valence-corrected chi connectivity index (χ4v) is 4.41. The van der Waals surface area contributed by atoms with Gasteiger partial charge >= 0.3 is 6.18 Å². The van der Waals surface area contributed by atoms with E-state index in [1.54, 1.807) is 29.2 Å². The summed E-state index contributed by atoms with van der Waals surface area (Å²) in [7, 11) is 0. The van der Waals surface area contributed by atoms with Gasteiger partial charge in [0.05, 0.1) is 0 Å². The van der Waals surface area contributed by atoms with E-state index >= 15 is 0 Å². The van der Waals surface area contributed by atoms with E-state index in [2.05, 4.69) is 15.9 Å². The fourth-order valence-electron chi connectivity index (χ4n) is 4.14. The molecule has 5 heteroatoms. The van der Waals surface area contributed by atoms with Crippen LogP contribution >= 0.6 is 15.9 Å². The number of rotatable bonds is 3. The van der Waals surface area contributed by atoms with Gasteiger partial charge in [0.15, 0.2) is 5.54 Å². The molecule has 0 bridgehead atoms. The first-order valence-electron chi connectivity index (χ1n) is 8.63. The number of benzene rings is 2. The Morgan fingerprint density at radius 2 is 1.68 bits per heavy atom. The topological polar surface area (TPSA) is 3.24 Å². The summed E-state index contributed by atoms with van der Waals surface area (Å²) in [5.74, 6) is 0.280. The molecule has 2 aromatic rings. The van der Waals surface area contributed by atoms with Crippen molar-refractivity contribution in [3.8, 4) is 0 Å². The highest BCUT2D eigenvalue weighted by atomic mass is 79.9. The molecular weight excluding hydrogens is 391 g/mol. The lowest BCUT2D eigenvalue weighted by Crippen LogP contribution is -2.53. The third-order valence-electron chi connectivity index (χ3n) is 5.41. The molecule has 1 aliphatic heterocycles. The fraction of sp³-hybridized carbons (Fsp3) is 0.400. The second kappa shape index (κ2) is 6.04. The van der Waals surface area contributed by atoms with Crippen LogP contribution in [0.1, 0.15) is 42.7 Å². The summed E-state index contributed by atoms with van der Waals surface area (Å²) in [5.41, 5.74) is 0.0258. The van der Waals surface area contributed by atoms with Crippen LogP contribution in [0, 0.1) is 0 Å². The molecule has 4 rings (SSSR count). The van der Waals surface area contributed by atoms with Crippen molar-refractivity contribution < 1.29 is 13.2 Å². The lowest BCUT2D eigenvalue weighted by atomic mass is 9.81. The second-order valence-corrected chi connectivity index (χ2v) is 7.87. The van der Waals surface area contributed by atoms with Crippen LogP contribution in [-0.2, 0) is 5.54 Å². The highest BCUT2D eigenvalue weighted by Crippen LogP contribution is 2.55. The zero-order valence-corrected chi connectivity index (χ0v) is 15.3. The first kappa shape index (κ1) is 17.0. The predicted molar refractivity (Wildman–Crippen MR) is 96.9 cm³/mol. The van der Waals surface area contributed by atoms with Gasteiger partial charge in [-0.15, -0.1) is 0 Å². The lowest BCUT2D eigenvalue weighted by Gasteiger charge is -2.43. The maximum atomic E-state index is 14.5. The summed E-state index contributed by atoms with van der Waals surface area (Å²) in [6.07, 6.45) is -1.71. The molecule has 2 aliphatic rings. The first-order valence-corrected chi connectivity index (χ1v) is 9.42. The molecule has 0 aromatic heterocycles. The van der Waals surface area contributed by atoms with Crippen molar-refractivity contribution in [2.45, 2.75) is 43.3 Å². The monoisotopic (exact) mass is 409 g/mol. The maximum absolute atomic E-state index is 14.5. The second-order valence-electron chi connectivity index (χ2n) is 6.95. The molecule has 1 saturated carbocycles. The summed E-state index contributed by atoms with van der Waals surface area (Å²) >= 11 is 3.37. The van der Waals surface area contributed by atoms with E-state index < -0.39 is 11.7 Å². The Labute approximate surface area is 154 Å². The number of hydrogen-bond donors (Lipinski definition) is 0. The van der Waals surface area contributed by atoms with Gasteiger partial charge in [-0.3, -0.25) is 0 Å². The van der Waals surface area contributed by atoms with Gasteiger partial charge in [-0.25, -0.2) is 0 Å². The van der Waals surface area contributed by atoms with E-state index in [0.29, 0.717) is 24.2 Å². The van der Waals surface area contributed by atoms with Crippen LogP contribution in [0.4, 0.5) is 18.9 Å². The van der Waals surface area contributed by atoms with E-state index in [1.807, 2.05) is 24.3 Å². The number of hydrogen-bond acceptors (Lipinski definition) is 1. The normalized spacial score (nSPS) is 23.9. The summed E-state index contributed by atoms with van der Waals surface area (Å²) in [6.45, 7) is 0.417. The molecule has 1 heterocycles. The smallest absolute Gasteiger partial charge is 0.354 e. The third-order valence-corrected chi connectivity index (χ3v) is 5.94. The molecule has 0 spiro atoms. The molecule has 132 valence electrons. The van der Waals surface area contributed by atoms with Gasteiger partial charge in [0, 0.05) is 16.7 Å². The van der Waals surface area contributed by atoms with Crippen LogP contribution in [0.2, 0.25) is 0 Å². The van der Waals surface area contributed by atoms with Gasteiger partial charge in [0.2, 0.25) is 0 Å². The van der Waals surface area contributed by atoms with Gasteiger partial charge in [0.25, 0.3) is 0 Å². The summed E-state index contributed by atoms with van der Waals surface area (Å²) < 4.78 is 44.5. The van der Waals surface area contributed by atoms with Crippen molar-refractivity contribution in [2.75, 3.05) is 11.4 Å². The average molecular weight is 410 g/mol. The molecule has 1 saturated heterocycles. The minimum Gasteiger partial charge on any atom is -0.354 e. The minimum atomic E-state index is -4.33. The van der Waals surface area contributed by atoms with Crippen LogP contribution in [0.25, 0.3) is 0 Å². The molecule has 1 unspecified atom stereocenters. The standard InChI is InChI=1S/C20H19BrF3N/c21-15-8-10-16(11-9-15)25-13-3-12-19(25,20(22,23)24)18-5-2-1-4-17(18)14-6-7-14/h1-2,4-5,8-11,14H,3,6-7,12-13H2. The van der Waals surface area contributed by atoms with Crippen LogP contribution in [0.15, 0.2) is 53.0 Å². The number of alkyl halides is 3. The highest BCUT2D eigenvalue weighted by Gasteiger charge is 2.62. The molecule has 25 heavy (non-hydrogen) atoms. The quantitative estimate of drug-likeness (QED) is 0.567. The van der Waals surface area contributed by atoms with Gasteiger partial charge in [-0.1, -0.05) is 40.2 Å². The Morgan fingerprint density at radius 3 is 2.32 bits per heavy atom. The third kappa shape index (κ3) is 2.77. The summed E-state index contributed by atoms with van der Waals surface area (Å²) in [4.78, 5) is 1.57. The Morgan fingerprint density at radius 1 is 1.00 bits per heavy atom. The molecule has 0 amide bonds. The van der Waals surface area contributed by atoms with Gasteiger partial charge in [-0.05, 0) is 67.0 Å². The summed E-state index contributed by atoms with van der Waals surface area (Å²) in [5, 5.41) is 0. The van der Waals surface area contributed by atoms with E-state index in [-0.39, 0.29) is 12.3 Å². The first-order chi connectivity index (χ1) is 11.9. The Kier molecular flexibility index (Phi) is 4.10. The van der Waals surface area contributed by atoms with Crippen LogP contribution in [0.3, 0.4) is 0 Å². The van der Waals surface area contributed by atoms with E-state index in [9.17, 15) is 13.2 Å². The van der Waals surface area contributed by atoms with Crippen LogP contribution in [-0.4, -0.2) is 12.7 Å². The van der Waals surface area contributed by atoms with Crippen molar-refractivity contribution in [1.82, 2.24) is 0 Å². The molecule has 1 aliphatic carbocycles. The number of halogens is 4. The van der Waals surface area contributed by atoms with Crippen LogP contribution < -0.4 is 4.90 Å². The number of anilines is 1. The number of nitrogens with zero attached hydrogens (tertiary/aromatic N) is 1. The molecule has 2 aromatic carbocycles. The Hall–Kier alpha value is -1.49. The van der Waals surface area contributed by atoms with Crippen molar-refractivity contribution in [3.05, 3.63) is 64.1 Å². The van der Waals surface area contributed by atoms with Crippen molar-refractivity contribution >= 4 is 21.6 Å². The molecule has 2 fully saturated rings. The van der Waals surface area contributed by atoms with E-state index in [1.165, 1.54) is 0 Å². The van der Waals surface area contributed by atoms with Crippen molar-refractivity contribution in [1.29, 1.82) is 0 Å². The molecule has 1 atom stereocenters. The zero-order valence-electron chi connectivity index (χ0n) is 13.7. The molecule has 0 N–H and O–H groups in total. The van der Waals surface area contributed by atoms with Crippen molar-refractivity contribution in [2.24, 2.45) is 0 Å². The van der Waals surface area contributed by atoms with Gasteiger partial charge < -0.3 is 4.90 Å². The predicted octanol–water partition coefficient (Wildman–Crippen LogP) is 6.38. The molecule has 1 nitrogen and oxygen atoms in total. The largest absolute Gasteiger partial charge is 0.415 e. The maximum Gasteiger partial charge on any atom is 0.415 e. The minimum absolute atomic E-state index is 0.107. The SMILES string of the molecule is FC(F)(F)C1(c2ccccc2C2CC2)CCCN1c1ccc(Br)cc1. The Balaban J connectivity index is 1.89.